The lowest BCUT2D eigenvalue weighted by Crippen LogP contribution is -2.27. The Labute approximate surface area is 175 Å². The van der Waals surface area contributed by atoms with Gasteiger partial charge in [-0.1, -0.05) is 18.2 Å². The Kier molecular flexibility index (Phi) is 6.82. The molecule has 6 nitrogen and oxygen atoms in total. The third kappa shape index (κ3) is 6.02. The molecule has 0 saturated heterocycles. The second-order valence-electron chi connectivity index (χ2n) is 6.29. The van der Waals surface area contributed by atoms with E-state index in [0.29, 0.717) is 17.1 Å². The first kappa shape index (κ1) is 21.8. The predicted octanol–water partition coefficient (Wildman–Crippen LogP) is 4.56. The van der Waals surface area contributed by atoms with Crippen molar-refractivity contribution in [3.63, 3.8) is 0 Å². The molecule has 9 heteroatoms. The molecule has 0 fully saturated rings. The van der Waals surface area contributed by atoms with Gasteiger partial charge in [0.25, 0.3) is 5.91 Å². The number of rotatable bonds is 8. The summed E-state index contributed by atoms with van der Waals surface area (Å²) in [6, 6.07) is 16.3. The van der Waals surface area contributed by atoms with E-state index in [1.165, 1.54) is 18.2 Å². The summed E-state index contributed by atoms with van der Waals surface area (Å²) in [5.41, 5.74) is -0.426. The van der Waals surface area contributed by atoms with Crippen molar-refractivity contribution in [1.29, 1.82) is 5.26 Å². The van der Waals surface area contributed by atoms with Crippen LogP contribution in [0.15, 0.2) is 65.1 Å². The number of nitrogens with one attached hydrogen (secondary N) is 1. The second kappa shape index (κ2) is 9.71. The highest BCUT2D eigenvalue weighted by Gasteiger charge is 2.30. The minimum atomic E-state index is -4.45. The van der Waals surface area contributed by atoms with Gasteiger partial charge in [0.2, 0.25) is 0 Å². The molecule has 0 atom stereocenters. The summed E-state index contributed by atoms with van der Waals surface area (Å²) in [5, 5.41) is 11.6. The largest absolute Gasteiger partial charge is 0.492 e. The highest BCUT2D eigenvalue weighted by atomic mass is 19.4. The van der Waals surface area contributed by atoms with Gasteiger partial charge in [-0.05, 0) is 42.5 Å². The smallest absolute Gasteiger partial charge is 0.416 e. The van der Waals surface area contributed by atoms with E-state index in [0.717, 1.165) is 12.1 Å². The van der Waals surface area contributed by atoms with Gasteiger partial charge < -0.3 is 19.2 Å². The SMILES string of the molecule is N#Cc1ccccc1OCc1ccc(C(=O)NCCOc2cccc(C(F)(F)F)c2)o1. The maximum atomic E-state index is 12.7. The molecule has 0 aliphatic rings. The first-order valence-corrected chi connectivity index (χ1v) is 9.16. The summed E-state index contributed by atoms with van der Waals surface area (Å²) in [5.74, 6) is 0.388. The molecule has 1 amide bonds. The van der Waals surface area contributed by atoms with Crippen molar-refractivity contribution in [3.05, 3.63) is 83.3 Å². The van der Waals surface area contributed by atoms with Gasteiger partial charge in [0.05, 0.1) is 17.7 Å². The number of para-hydroxylation sites is 1. The molecule has 0 radical (unpaired) electrons. The quantitative estimate of drug-likeness (QED) is 0.530. The molecule has 31 heavy (non-hydrogen) atoms. The number of carbonyl (C=O) groups is 1. The fraction of sp³-hybridized carbons (Fsp3) is 0.182. The molecule has 0 spiro atoms. The van der Waals surface area contributed by atoms with E-state index in [9.17, 15) is 18.0 Å². The minimum Gasteiger partial charge on any atom is -0.492 e. The fourth-order valence-corrected chi connectivity index (χ4v) is 2.59. The van der Waals surface area contributed by atoms with Crippen molar-refractivity contribution in [3.8, 4) is 17.6 Å². The van der Waals surface area contributed by atoms with Gasteiger partial charge in [-0.15, -0.1) is 0 Å². The van der Waals surface area contributed by atoms with E-state index in [4.69, 9.17) is 19.2 Å². The van der Waals surface area contributed by atoms with E-state index in [-0.39, 0.29) is 31.3 Å². The summed E-state index contributed by atoms with van der Waals surface area (Å²) in [4.78, 5) is 12.1. The molecule has 1 aromatic heterocycles. The van der Waals surface area contributed by atoms with Crippen LogP contribution in [0.4, 0.5) is 13.2 Å². The average Bonchev–Trinajstić information content (AvgIpc) is 3.24. The number of nitrogens with zero attached hydrogens (tertiary/aromatic N) is 1. The van der Waals surface area contributed by atoms with Crippen LogP contribution in [-0.4, -0.2) is 19.1 Å². The number of alkyl halides is 3. The third-order valence-electron chi connectivity index (χ3n) is 4.08. The van der Waals surface area contributed by atoms with Crippen LogP contribution >= 0.6 is 0 Å². The summed E-state index contributed by atoms with van der Waals surface area (Å²) in [6.07, 6.45) is -4.45. The lowest BCUT2D eigenvalue weighted by Gasteiger charge is -2.10. The van der Waals surface area contributed by atoms with Gasteiger partial charge in [-0.2, -0.15) is 18.4 Å². The Morgan fingerprint density at radius 1 is 1.06 bits per heavy atom. The summed E-state index contributed by atoms with van der Waals surface area (Å²) >= 11 is 0. The maximum absolute atomic E-state index is 12.7. The fourth-order valence-electron chi connectivity index (χ4n) is 2.59. The van der Waals surface area contributed by atoms with Crippen LogP contribution in [0.1, 0.15) is 27.4 Å². The van der Waals surface area contributed by atoms with E-state index >= 15 is 0 Å². The number of halogens is 3. The first-order valence-electron chi connectivity index (χ1n) is 9.16. The number of furan rings is 1. The third-order valence-corrected chi connectivity index (χ3v) is 4.08. The summed E-state index contributed by atoms with van der Waals surface area (Å²) in [6.45, 7) is 0.0798. The van der Waals surface area contributed by atoms with Crippen molar-refractivity contribution in [2.45, 2.75) is 12.8 Å². The number of ether oxygens (including phenoxy) is 2. The molecule has 0 aliphatic heterocycles. The van der Waals surface area contributed by atoms with Crippen LogP contribution in [0, 0.1) is 11.3 Å². The van der Waals surface area contributed by atoms with Crippen LogP contribution in [-0.2, 0) is 12.8 Å². The zero-order chi connectivity index (χ0) is 22.3. The molecule has 0 bridgehead atoms. The predicted molar refractivity (Wildman–Crippen MR) is 103 cm³/mol. The van der Waals surface area contributed by atoms with E-state index < -0.39 is 17.6 Å². The van der Waals surface area contributed by atoms with Crippen LogP contribution in [0.25, 0.3) is 0 Å². The van der Waals surface area contributed by atoms with Crippen molar-refractivity contribution in [2.75, 3.05) is 13.2 Å². The Hall–Kier alpha value is -3.93. The Morgan fingerprint density at radius 3 is 2.65 bits per heavy atom. The maximum Gasteiger partial charge on any atom is 0.416 e. The molecular weight excluding hydrogens is 413 g/mol. The topological polar surface area (TPSA) is 84.5 Å². The molecule has 0 aliphatic carbocycles. The van der Waals surface area contributed by atoms with Gasteiger partial charge in [-0.3, -0.25) is 4.79 Å². The Balaban J connectivity index is 1.45. The van der Waals surface area contributed by atoms with Gasteiger partial charge in [0, 0.05) is 0 Å². The molecule has 3 aromatic rings. The Bertz CT molecular complexity index is 1090. The molecule has 0 unspecified atom stereocenters. The summed E-state index contributed by atoms with van der Waals surface area (Å²) in [7, 11) is 0. The van der Waals surface area contributed by atoms with Gasteiger partial charge in [0.1, 0.15) is 36.5 Å². The van der Waals surface area contributed by atoms with Crippen molar-refractivity contribution in [2.24, 2.45) is 0 Å². The van der Waals surface area contributed by atoms with Gasteiger partial charge >= 0.3 is 6.18 Å². The average molecular weight is 430 g/mol. The summed E-state index contributed by atoms with van der Waals surface area (Å²) < 4.78 is 54.3. The lowest BCUT2D eigenvalue weighted by molar-refractivity contribution is -0.137. The van der Waals surface area contributed by atoms with Crippen molar-refractivity contribution in [1.82, 2.24) is 5.32 Å². The lowest BCUT2D eigenvalue weighted by atomic mass is 10.2. The van der Waals surface area contributed by atoms with Crippen molar-refractivity contribution < 1.29 is 31.9 Å². The van der Waals surface area contributed by atoms with Crippen LogP contribution < -0.4 is 14.8 Å². The number of benzene rings is 2. The number of amides is 1. The van der Waals surface area contributed by atoms with Crippen LogP contribution in [0.3, 0.4) is 0 Å². The number of nitriles is 1. The molecular formula is C22H17F3N2O4. The molecule has 2 aromatic carbocycles. The molecule has 1 heterocycles. The van der Waals surface area contributed by atoms with Gasteiger partial charge in [-0.25, -0.2) is 0 Å². The molecule has 160 valence electrons. The monoisotopic (exact) mass is 430 g/mol. The number of hydrogen-bond donors (Lipinski definition) is 1. The van der Waals surface area contributed by atoms with Crippen LogP contribution in [0.2, 0.25) is 0 Å². The first-order chi connectivity index (χ1) is 14.9. The molecule has 3 rings (SSSR count). The normalized spacial score (nSPS) is 10.9. The number of hydrogen-bond acceptors (Lipinski definition) is 5. The van der Waals surface area contributed by atoms with Crippen molar-refractivity contribution >= 4 is 5.91 Å². The van der Waals surface area contributed by atoms with E-state index in [1.54, 1.807) is 30.3 Å². The van der Waals surface area contributed by atoms with Gasteiger partial charge in [0.15, 0.2) is 5.76 Å². The van der Waals surface area contributed by atoms with Crippen LogP contribution in [0.5, 0.6) is 11.5 Å². The van der Waals surface area contributed by atoms with E-state index in [1.807, 2.05) is 6.07 Å². The highest BCUT2D eigenvalue weighted by molar-refractivity contribution is 5.91. The zero-order valence-corrected chi connectivity index (χ0v) is 16.1. The Morgan fingerprint density at radius 2 is 1.87 bits per heavy atom. The minimum absolute atomic E-state index is 0.0192. The zero-order valence-electron chi connectivity index (χ0n) is 16.1. The highest BCUT2D eigenvalue weighted by Crippen LogP contribution is 2.31. The van der Waals surface area contributed by atoms with E-state index in [2.05, 4.69) is 5.32 Å². The standard InChI is InChI=1S/C22H17F3N2O4/c23-22(24,25)16-5-3-6-17(12-16)29-11-10-27-21(28)20-9-8-18(31-20)14-30-19-7-2-1-4-15(19)13-26/h1-9,12H,10-11,14H2,(H,27,28). The number of carbonyl (C=O) groups excluding carboxylic acids is 1. The molecule has 0 saturated carbocycles. The molecule has 1 N–H and O–H groups in total. The second-order valence-corrected chi connectivity index (χ2v) is 6.29.